The molecule has 1 unspecified atom stereocenters. The van der Waals surface area contributed by atoms with Crippen LogP contribution in [0.3, 0.4) is 0 Å². The van der Waals surface area contributed by atoms with Crippen molar-refractivity contribution < 1.29 is 14.7 Å². The summed E-state index contributed by atoms with van der Waals surface area (Å²) in [5, 5.41) is 15.7. The number of anilines is 1. The van der Waals surface area contributed by atoms with Crippen molar-refractivity contribution in [3.8, 4) is 0 Å². The van der Waals surface area contributed by atoms with Crippen LogP contribution in [-0.2, 0) is 23.1 Å². The number of fused-ring (bicyclic) bond motifs is 1. The van der Waals surface area contributed by atoms with Crippen LogP contribution in [0.2, 0.25) is 0 Å². The molecule has 1 atom stereocenters. The van der Waals surface area contributed by atoms with Gasteiger partial charge in [-0.1, -0.05) is 0 Å². The quantitative estimate of drug-likeness (QED) is 0.810. The van der Waals surface area contributed by atoms with E-state index in [9.17, 15) is 9.59 Å². The van der Waals surface area contributed by atoms with E-state index in [1.165, 1.54) is 0 Å². The molecule has 2 rings (SSSR count). The lowest BCUT2D eigenvalue weighted by molar-refractivity contribution is -0.137. The Morgan fingerprint density at radius 2 is 2.35 bits per heavy atom. The van der Waals surface area contributed by atoms with Crippen molar-refractivity contribution in [3.63, 3.8) is 0 Å². The lowest BCUT2D eigenvalue weighted by Crippen LogP contribution is -2.31. The highest BCUT2D eigenvalue weighted by Gasteiger charge is 2.30. The zero-order valence-corrected chi connectivity index (χ0v) is 9.86. The van der Waals surface area contributed by atoms with Gasteiger partial charge in [-0.3, -0.25) is 14.3 Å². The molecule has 92 valence electrons. The average Bonchev–Trinajstić information content (AvgIpc) is 2.51. The first kappa shape index (κ1) is 11.6. The van der Waals surface area contributed by atoms with Crippen molar-refractivity contribution in [2.24, 2.45) is 13.0 Å². The molecule has 0 fully saturated rings. The maximum Gasteiger partial charge on any atom is 0.303 e. The number of carbonyl (C=O) groups is 2. The Morgan fingerprint density at radius 3 is 3.00 bits per heavy atom. The van der Waals surface area contributed by atoms with Crippen LogP contribution in [-0.4, -0.2) is 26.8 Å². The number of aryl methyl sites for hydroxylation is 2. The maximum absolute atomic E-state index is 11.8. The third-order valence-corrected chi connectivity index (χ3v) is 3.12. The summed E-state index contributed by atoms with van der Waals surface area (Å²) in [6.07, 6.45) is 0.968. The molecular weight excluding hydrogens is 222 g/mol. The standard InChI is InChI=1S/C11H15N3O3/c1-6-8-5-7(3-4-9(15)16)11(17)12-10(8)14(2)13-6/h7H,3-5H2,1-2H3,(H,12,17)(H,15,16). The van der Waals surface area contributed by atoms with Gasteiger partial charge in [-0.2, -0.15) is 5.10 Å². The van der Waals surface area contributed by atoms with Gasteiger partial charge in [0.25, 0.3) is 0 Å². The molecule has 2 heterocycles. The Balaban J connectivity index is 2.17. The highest BCUT2D eigenvalue weighted by Crippen LogP contribution is 2.29. The predicted octanol–water partition coefficient (Wildman–Crippen LogP) is 0.704. The van der Waals surface area contributed by atoms with Crippen LogP contribution in [0, 0.1) is 12.8 Å². The summed E-state index contributed by atoms with van der Waals surface area (Å²) in [7, 11) is 1.78. The predicted molar refractivity (Wildman–Crippen MR) is 60.6 cm³/mol. The first-order valence-corrected chi connectivity index (χ1v) is 5.54. The molecule has 0 aromatic carbocycles. The summed E-state index contributed by atoms with van der Waals surface area (Å²) < 4.78 is 1.65. The number of nitrogens with zero attached hydrogens (tertiary/aromatic N) is 2. The molecule has 1 aromatic rings. The summed E-state index contributed by atoms with van der Waals surface area (Å²) in [5.41, 5.74) is 1.91. The Labute approximate surface area is 98.6 Å². The fraction of sp³-hybridized carbons (Fsp3) is 0.545. The molecule has 0 spiro atoms. The Hall–Kier alpha value is -1.85. The number of carboxylic acids is 1. The molecule has 1 aliphatic heterocycles. The van der Waals surface area contributed by atoms with Crippen LogP contribution in [0.5, 0.6) is 0 Å². The summed E-state index contributed by atoms with van der Waals surface area (Å²) in [6, 6.07) is 0. The number of hydrogen-bond acceptors (Lipinski definition) is 3. The van der Waals surface area contributed by atoms with Crippen LogP contribution >= 0.6 is 0 Å². The van der Waals surface area contributed by atoms with Crippen LogP contribution in [0.25, 0.3) is 0 Å². The number of carbonyl (C=O) groups excluding carboxylic acids is 1. The summed E-state index contributed by atoms with van der Waals surface area (Å²) >= 11 is 0. The van der Waals surface area contributed by atoms with E-state index < -0.39 is 5.97 Å². The summed E-state index contributed by atoms with van der Waals surface area (Å²) in [5.74, 6) is -0.506. The number of carboxylic acid groups (broad SMARTS) is 1. The van der Waals surface area contributed by atoms with E-state index in [1.54, 1.807) is 11.7 Å². The van der Waals surface area contributed by atoms with Gasteiger partial charge < -0.3 is 10.4 Å². The summed E-state index contributed by atoms with van der Waals surface area (Å²) in [4.78, 5) is 22.3. The largest absolute Gasteiger partial charge is 0.481 e. The molecule has 0 radical (unpaired) electrons. The second kappa shape index (κ2) is 4.20. The third kappa shape index (κ3) is 2.15. The van der Waals surface area contributed by atoms with Gasteiger partial charge in [0.15, 0.2) is 0 Å². The highest BCUT2D eigenvalue weighted by atomic mass is 16.4. The van der Waals surface area contributed by atoms with Gasteiger partial charge in [-0.05, 0) is 19.8 Å². The first-order chi connectivity index (χ1) is 7.99. The normalized spacial score (nSPS) is 18.7. The fourth-order valence-electron chi connectivity index (χ4n) is 2.19. The minimum Gasteiger partial charge on any atom is -0.481 e. The van der Waals surface area contributed by atoms with Gasteiger partial charge in [-0.25, -0.2) is 0 Å². The van der Waals surface area contributed by atoms with E-state index in [0.29, 0.717) is 12.8 Å². The molecular formula is C11H15N3O3. The fourth-order valence-corrected chi connectivity index (χ4v) is 2.19. The minimum absolute atomic E-state index is 0.0206. The number of nitrogens with one attached hydrogen (secondary N) is 1. The number of rotatable bonds is 3. The van der Waals surface area contributed by atoms with Crippen LogP contribution in [0.15, 0.2) is 0 Å². The van der Waals surface area contributed by atoms with Gasteiger partial charge in [0, 0.05) is 24.9 Å². The molecule has 6 nitrogen and oxygen atoms in total. The van der Waals surface area contributed by atoms with Crippen molar-refractivity contribution in [1.29, 1.82) is 0 Å². The smallest absolute Gasteiger partial charge is 0.303 e. The monoisotopic (exact) mass is 237 g/mol. The van der Waals surface area contributed by atoms with Crippen LogP contribution < -0.4 is 5.32 Å². The zero-order chi connectivity index (χ0) is 12.6. The molecule has 0 aliphatic carbocycles. The van der Waals surface area contributed by atoms with E-state index in [4.69, 9.17) is 5.11 Å². The number of aliphatic carboxylic acids is 1. The maximum atomic E-state index is 11.8. The Bertz CT molecular complexity index is 479. The molecule has 1 aromatic heterocycles. The molecule has 2 N–H and O–H groups in total. The van der Waals surface area contributed by atoms with Gasteiger partial charge in [0.05, 0.1) is 5.69 Å². The van der Waals surface area contributed by atoms with E-state index in [-0.39, 0.29) is 18.2 Å². The topological polar surface area (TPSA) is 84.2 Å². The molecule has 0 bridgehead atoms. The second-order valence-electron chi connectivity index (χ2n) is 4.36. The molecule has 1 amide bonds. The van der Waals surface area contributed by atoms with Gasteiger partial charge in [0.2, 0.25) is 5.91 Å². The van der Waals surface area contributed by atoms with Crippen molar-refractivity contribution in [2.45, 2.75) is 26.2 Å². The van der Waals surface area contributed by atoms with Gasteiger partial charge in [0.1, 0.15) is 5.82 Å². The molecule has 17 heavy (non-hydrogen) atoms. The first-order valence-electron chi connectivity index (χ1n) is 5.54. The van der Waals surface area contributed by atoms with E-state index in [0.717, 1.165) is 17.1 Å². The molecule has 6 heteroatoms. The third-order valence-electron chi connectivity index (χ3n) is 3.12. The number of amides is 1. The molecule has 0 saturated carbocycles. The van der Waals surface area contributed by atoms with Crippen molar-refractivity contribution in [3.05, 3.63) is 11.3 Å². The Kier molecular flexibility index (Phi) is 2.87. The number of hydrogen-bond donors (Lipinski definition) is 2. The van der Waals surface area contributed by atoms with Gasteiger partial charge >= 0.3 is 5.97 Å². The van der Waals surface area contributed by atoms with Crippen molar-refractivity contribution >= 4 is 17.7 Å². The zero-order valence-electron chi connectivity index (χ0n) is 9.86. The Morgan fingerprint density at radius 1 is 1.65 bits per heavy atom. The molecule has 0 saturated heterocycles. The summed E-state index contributed by atoms with van der Waals surface area (Å²) in [6.45, 7) is 1.89. The van der Waals surface area contributed by atoms with E-state index in [2.05, 4.69) is 10.4 Å². The van der Waals surface area contributed by atoms with Crippen molar-refractivity contribution in [2.75, 3.05) is 5.32 Å². The SMILES string of the molecule is Cc1nn(C)c2c1CC(CCC(=O)O)C(=O)N2. The second-order valence-corrected chi connectivity index (χ2v) is 4.36. The minimum atomic E-state index is -0.869. The average molecular weight is 237 g/mol. The van der Waals surface area contributed by atoms with Gasteiger partial charge in [-0.15, -0.1) is 0 Å². The highest BCUT2D eigenvalue weighted by molar-refractivity contribution is 5.95. The van der Waals surface area contributed by atoms with E-state index in [1.807, 2.05) is 6.92 Å². The molecule has 1 aliphatic rings. The van der Waals surface area contributed by atoms with Crippen molar-refractivity contribution in [1.82, 2.24) is 9.78 Å². The van der Waals surface area contributed by atoms with Crippen LogP contribution in [0.1, 0.15) is 24.1 Å². The number of aromatic nitrogens is 2. The lowest BCUT2D eigenvalue weighted by Gasteiger charge is -2.22. The van der Waals surface area contributed by atoms with Crippen LogP contribution in [0.4, 0.5) is 5.82 Å². The lowest BCUT2D eigenvalue weighted by atomic mass is 9.91. The van der Waals surface area contributed by atoms with E-state index >= 15 is 0 Å².